The Bertz CT molecular complexity index is 1510. The van der Waals surface area contributed by atoms with Gasteiger partial charge in [-0.2, -0.15) is 10.5 Å². The summed E-state index contributed by atoms with van der Waals surface area (Å²) >= 11 is 2.84. The molecule has 0 saturated heterocycles. The number of hydrogen-bond donors (Lipinski definition) is 4. The standard InChI is InChI=1S/C28H26N6O2S2/c1-17-3-2-4-20(11-17)32-28-33-21(16-38-28)15-37-27-24(13-30)25(23(12-29)26(31)34-27)19-8-5-18(6-9-19)7-10-22(36)14-35/h2-6,8-9,11,16,22,35-36H,7,10,14-15H2,1H3,(H2,31,34)(H,32,33)/t22-/m1/s1. The van der Waals surface area contributed by atoms with Gasteiger partial charge in [0.2, 0.25) is 0 Å². The average Bonchev–Trinajstić information content (AvgIpc) is 3.37. The molecule has 10 heteroatoms. The van der Waals surface area contributed by atoms with E-state index in [0.29, 0.717) is 34.7 Å². The summed E-state index contributed by atoms with van der Waals surface area (Å²) in [6.07, 6.45) is 0.258. The first-order chi connectivity index (χ1) is 18.4. The molecule has 4 rings (SSSR count). The number of nitrogen functional groups attached to an aromatic ring is 1. The summed E-state index contributed by atoms with van der Waals surface area (Å²) in [6, 6.07) is 19.8. The van der Waals surface area contributed by atoms with Gasteiger partial charge in [-0.1, -0.05) is 48.2 Å². The fraction of sp³-hybridized carbons (Fsp3) is 0.214. The summed E-state index contributed by atoms with van der Waals surface area (Å²) in [4.78, 5) is 9.03. The number of aryl methyl sites for hydroxylation is 2. The van der Waals surface area contributed by atoms with E-state index >= 15 is 0 Å². The van der Waals surface area contributed by atoms with Crippen LogP contribution in [0.1, 0.15) is 34.4 Å². The first-order valence-corrected chi connectivity index (χ1v) is 13.7. The molecule has 0 amide bonds. The molecule has 0 aliphatic carbocycles. The number of nitrogens with two attached hydrogens (primary N) is 1. The van der Waals surface area contributed by atoms with Crippen LogP contribution >= 0.6 is 23.1 Å². The second-order valence-electron chi connectivity index (χ2n) is 8.65. The molecule has 1 atom stereocenters. The van der Waals surface area contributed by atoms with E-state index in [4.69, 9.17) is 10.8 Å². The average molecular weight is 543 g/mol. The summed E-state index contributed by atoms with van der Waals surface area (Å²) in [6.45, 7) is 1.75. The maximum atomic E-state index is 10.1. The van der Waals surface area contributed by atoms with Crippen molar-refractivity contribution >= 4 is 39.7 Å². The number of aliphatic hydroxyl groups is 2. The molecule has 0 radical (unpaired) electrons. The van der Waals surface area contributed by atoms with Crippen molar-refractivity contribution < 1.29 is 10.2 Å². The molecular formula is C28H26N6O2S2. The van der Waals surface area contributed by atoms with Gasteiger partial charge in [0.05, 0.1) is 24.0 Å². The van der Waals surface area contributed by atoms with Gasteiger partial charge in [-0.25, -0.2) is 9.97 Å². The van der Waals surface area contributed by atoms with E-state index < -0.39 is 6.10 Å². The summed E-state index contributed by atoms with van der Waals surface area (Å²) in [5.74, 6) is 0.545. The third-order valence-electron chi connectivity index (χ3n) is 5.81. The molecule has 2 aromatic carbocycles. The minimum atomic E-state index is -0.767. The lowest BCUT2D eigenvalue weighted by Crippen LogP contribution is -2.12. The molecule has 5 N–H and O–H groups in total. The Kier molecular flexibility index (Phi) is 8.95. The fourth-order valence-electron chi connectivity index (χ4n) is 3.87. The zero-order chi connectivity index (χ0) is 27.1. The van der Waals surface area contributed by atoms with Crippen LogP contribution in [0.3, 0.4) is 0 Å². The number of aromatic nitrogens is 2. The molecule has 2 aromatic heterocycles. The molecule has 0 fully saturated rings. The Morgan fingerprint density at radius 3 is 2.55 bits per heavy atom. The van der Waals surface area contributed by atoms with Crippen molar-refractivity contribution in [2.75, 3.05) is 17.7 Å². The number of nitrogens with one attached hydrogen (secondary N) is 1. The Morgan fingerprint density at radius 2 is 1.87 bits per heavy atom. The predicted octanol–water partition coefficient (Wildman–Crippen LogP) is 5.16. The molecule has 0 bridgehead atoms. The molecule has 0 aliphatic heterocycles. The molecule has 0 unspecified atom stereocenters. The highest BCUT2D eigenvalue weighted by Gasteiger charge is 2.21. The number of thioether (sulfide) groups is 1. The Hall–Kier alpha value is -3.93. The Labute approximate surface area is 229 Å². The minimum Gasteiger partial charge on any atom is -0.394 e. The molecule has 4 aromatic rings. The smallest absolute Gasteiger partial charge is 0.187 e. The monoisotopic (exact) mass is 542 g/mol. The maximum Gasteiger partial charge on any atom is 0.187 e. The zero-order valence-electron chi connectivity index (χ0n) is 20.7. The Balaban J connectivity index is 1.56. The first-order valence-electron chi connectivity index (χ1n) is 11.8. The lowest BCUT2D eigenvalue weighted by atomic mass is 9.95. The van der Waals surface area contributed by atoms with Crippen molar-refractivity contribution in [1.29, 1.82) is 10.5 Å². The van der Waals surface area contributed by atoms with Crippen LogP contribution in [0.4, 0.5) is 16.6 Å². The molecule has 0 aliphatic rings. The lowest BCUT2D eigenvalue weighted by molar-refractivity contribution is 0.0886. The molecular weight excluding hydrogens is 516 g/mol. The Morgan fingerprint density at radius 1 is 1.11 bits per heavy atom. The maximum absolute atomic E-state index is 10.1. The number of benzene rings is 2. The van der Waals surface area contributed by atoms with Crippen LogP contribution in [0.15, 0.2) is 58.9 Å². The van der Waals surface area contributed by atoms with Gasteiger partial charge in [0, 0.05) is 22.4 Å². The van der Waals surface area contributed by atoms with Gasteiger partial charge in [0.15, 0.2) is 5.13 Å². The number of aliphatic hydroxyl groups excluding tert-OH is 2. The topological polar surface area (TPSA) is 152 Å². The number of pyridine rings is 1. The van der Waals surface area contributed by atoms with E-state index in [9.17, 15) is 15.6 Å². The van der Waals surface area contributed by atoms with E-state index in [1.54, 1.807) is 0 Å². The largest absolute Gasteiger partial charge is 0.394 e. The van der Waals surface area contributed by atoms with Crippen LogP contribution < -0.4 is 11.1 Å². The van der Waals surface area contributed by atoms with Crippen LogP contribution in [0.2, 0.25) is 0 Å². The van der Waals surface area contributed by atoms with Crippen LogP contribution in [0.25, 0.3) is 11.1 Å². The zero-order valence-corrected chi connectivity index (χ0v) is 22.3. The van der Waals surface area contributed by atoms with Crippen LogP contribution in [-0.4, -0.2) is 32.9 Å². The van der Waals surface area contributed by atoms with Gasteiger partial charge in [-0.15, -0.1) is 11.3 Å². The second-order valence-corrected chi connectivity index (χ2v) is 10.5. The normalized spacial score (nSPS) is 11.5. The number of hydrogen-bond acceptors (Lipinski definition) is 10. The number of thiazole rings is 1. The third-order valence-corrected chi connectivity index (χ3v) is 7.63. The first kappa shape index (κ1) is 27.1. The van der Waals surface area contributed by atoms with Crippen molar-refractivity contribution in [3.8, 4) is 23.3 Å². The van der Waals surface area contributed by atoms with E-state index in [-0.39, 0.29) is 23.6 Å². The number of nitrogens with zero attached hydrogens (tertiary/aromatic N) is 4. The third kappa shape index (κ3) is 6.49. The highest BCUT2D eigenvalue weighted by molar-refractivity contribution is 7.98. The molecule has 192 valence electrons. The van der Waals surface area contributed by atoms with E-state index in [2.05, 4.69) is 27.4 Å². The van der Waals surface area contributed by atoms with Crippen molar-refractivity contribution in [3.05, 3.63) is 81.9 Å². The van der Waals surface area contributed by atoms with Gasteiger partial charge in [0.25, 0.3) is 0 Å². The second kappa shape index (κ2) is 12.5. The molecule has 38 heavy (non-hydrogen) atoms. The van der Waals surface area contributed by atoms with Crippen LogP contribution in [0, 0.1) is 29.6 Å². The number of anilines is 3. The fourth-order valence-corrected chi connectivity index (χ4v) is 5.60. The van der Waals surface area contributed by atoms with Gasteiger partial charge >= 0.3 is 0 Å². The highest BCUT2D eigenvalue weighted by Crippen LogP contribution is 2.37. The van der Waals surface area contributed by atoms with E-state index in [1.807, 2.05) is 60.8 Å². The van der Waals surface area contributed by atoms with Crippen molar-refractivity contribution in [2.24, 2.45) is 0 Å². The van der Waals surface area contributed by atoms with Gasteiger partial charge < -0.3 is 21.3 Å². The van der Waals surface area contributed by atoms with Crippen molar-refractivity contribution in [3.63, 3.8) is 0 Å². The quantitative estimate of drug-likeness (QED) is 0.199. The number of rotatable bonds is 10. The van der Waals surface area contributed by atoms with Crippen molar-refractivity contribution in [1.82, 2.24) is 9.97 Å². The van der Waals surface area contributed by atoms with Crippen LogP contribution in [0.5, 0.6) is 0 Å². The summed E-state index contributed by atoms with van der Waals surface area (Å²) < 4.78 is 0. The SMILES string of the molecule is Cc1cccc(Nc2nc(CSc3nc(N)c(C#N)c(-c4ccc(CC[C@@H](O)CO)cc4)c3C#N)cs2)c1. The summed E-state index contributed by atoms with van der Waals surface area (Å²) in [7, 11) is 0. The summed E-state index contributed by atoms with van der Waals surface area (Å²) in [5.41, 5.74) is 11.7. The molecule has 0 saturated carbocycles. The lowest BCUT2D eigenvalue weighted by Gasteiger charge is -2.13. The molecule has 2 heterocycles. The summed E-state index contributed by atoms with van der Waals surface area (Å²) in [5, 5.41) is 45.0. The van der Waals surface area contributed by atoms with Crippen molar-refractivity contribution in [2.45, 2.75) is 36.6 Å². The van der Waals surface area contributed by atoms with E-state index in [0.717, 1.165) is 27.6 Å². The minimum absolute atomic E-state index is 0.0687. The number of nitriles is 2. The van der Waals surface area contributed by atoms with Crippen LogP contribution in [-0.2, 0) is 12.2 Å². The van der Waals surface area contributed by atoms with E-state index in [1.165, 1.54) is 23.1 Å². The molecule has 0 spiro atoms. The van der Waals surface area contributed by atoms with Gasteiger partial charge in [-0.3, -0.25) is 0 Å². The highest BCUT2D eigenvalue weighted by atomic mass is 32.2. The molecule has 8 nitrogen and oxygen atoms in total. The predicted molar refractivity (Wildman–Crippen MR) is 151 cm³/mol. The van der Waals surface area contributed by atoms with Gasteiger partial charge in [-0.05, 0) is 48.6 Å². The van der Waals surface area contributed by atoms with Gasteiger partial charge in [0.1, 0.15) is 28.5 Å².